The van der Waals surface area contributed by atoms with Gasteiger partial charge in [-0.2, -0.15) is 0 Å². The van der Waals surface area contributed by atoms with E-state index >= 15 is 0 Å². The van der Waals surface area contributed by atoms with Gasteiger partial charge >= 0.3 is 0 Å². The zero-order valence-electron chi connectivity index (χ0n) is 14.6. The molecule has 3 heterocycles. The van der Waals surface area contributed by atoms with E-state index in [2.05, 4.69) is 19.6 Å². The maximum atomic E-state index is 12.2. The highest BCUT2D eigenvalue weighted by Crippen LogP contribution is 2.17. The highest BCUT2D eigenvalue weighted by molar-refractivity contribution is 7.89. The molecule has 0 atom stereocenters. The first-order valence-electron chi connectivity index (χ1n) is 8.82. The lowest BCUT2D eigenvalue weighted by Gasteiger charge is -2.24. The van der Waals surface area contributed by atoms with Crippen molar-refractivity contribution in [1.82, 2.24) is 19.6 Å². The van der Waals surface area contributed by atoms with Crippen molar-refractivity contribution in [2.45, 2.75) is 38.6 Å². The third-order valence-electron chi connectivity index (χ3n) is 4.54. The van der Waals surface area contributed by atoms with Crippen LogP contribution in [-0.4, -0.2) is 60.5 Å². The Balaban J connectivity index is 1.54. The molecule has 9 nitrogen and oxygen atoms in total. The normalized spacial score (nSPS) is 18.6. The molecule has 0 spiro atoms. The second-order valence-corrected chi connectivity index (χ2v) is 8.38. The molecule has 26 heavy (non-hydrogen) atoms. The summed E-state index contributed by atoms with van der Waals surface area (Å²) in [4.78, 5) is 35.1. The summed E-state index contributed by atoms with van der Waals surface area (Å²) in [6, 6.07) is 1.82. The number of carbonyl (C=O) groups excluding carboxylic acids is 2. The van der Waals surface area contributed by atoms with Crippen LogP contribution in [0.5, 0.6) is 0 Å². The van der Waals surface area contributed by atoms with Gasteiger partial charge in [0.15, 0.2) is 0 Å². The van der Waals surface area contributed by atoms with E-state index in [0.29, 0.717) is 12.2 Å². The average Bonchev–Trinajstić information content (AvgIpc) is 3.15. The molecular weight excluding hydrogens is 358 g/mol. The lowest BCUT2D eigenvalue weighted by atomic mass is 10.1. The number of hydrogen-bond donors (Lipinski definition) is 1. The maximum Gasteiger partial charge on any atom is 0.229 e. The van der Waals surface area contributed by atoms with Crippen LogP contribution in [0.15, 0.2) is 12.3 Å². The van der Waals surface area contributed by atoms with E-state index in [1.165, 1.54) is 0 Å². The second-order valence-electron chi connectivity index (χ2n) is 6.46. The molecule has 3 rings (SSSR count). The Morgan fingerprint density at radius 2 is 1.77 bits per heavy atom. The maximum absolute atomic E-state index is 12.2. The first-order valence-corrected chi connectivity index (χ1v) is 10.5. The number of imide groups is 1. The zero-order valence-corrected chi connectivity index (χ0v) is 15.4. The summed E-state index contributed by atoms with van der Waals surface area (Å²) in [5, 5.41) is 0. The van der Waals surface area contributed by atoms with Gasteiger partial charge in [-0.15, -0.1) is 0 Å². The van der Waals surface area contributed by atoms with E-state index in [1.54, 1.807) is 6.20 Å². The Morgan fingerprint density at radius 1 is 1.08 bits per heavy atom. The van der Waals surface area contributed by atoms with E-state index in [4.69, 9.17) is 0 Å². The quantitative estimate of drug-likeness (QED) is 0.663. The number of amides is 2. The smallest absolute Gasteiger partial charge is 0.229 e. The third kappa shape index (κ3) is 4.76. The first kappa shape index (κ1) is 18.7. The topological polar surface area (TPSA) is 113 Å². The van der Waals surface area contributed by atoms with Crippen LogP contribution in [0.25, 0.3) is 0 Å². The number of nitrogens with one attached hydrogen (secondary N) is 1. The summed E-state index contributed by atoms with van der Waals surface area (Å²) in [6.07, 6.45) is 4.98. The van der Waals surface area contributed by atoms with Crippen LogP contribution >= 0.6 is 0 Å². The van der Waals surface area contributed by atoms with Crippen molar-refractivity contribution in [2.75, 3.05) is 30.3 Å². The number of anilines is 1. The Bertz CT molecular complexity index is 761. The Kier molecular flexibility index (Phi) is 5.82. The standard InChI is InChI=1S/C16H23N5O4S/c22-15-4-3-5-16(23)21(15)10-11-26(24,25)18-12-13-17-7-6-14(19-13)20-8-1-2-9-20/h6-7,18H,1-5,8-12H2. The van der Waals surface area contributed by atoms with Gasteiger partial charge in [0.2, 0.25) is 21.8 Å². The molecule has 0 unspecified atom stereocenters. The van der Waals surface area contributed by atoms with Gasteiger partial charge in [0.1, 0.15) is 11.6 Å². The molecule has 1 aromatic rings. The van der Waals surface area contributed by atoms with Crippen molar-refractivity contribution in [3.8, 4) is 0 Å². The monoisotopic (exact) mass is 381 g/mol. The summed E-state index contributed by atoms with van der Waals surface area (Å²) in [5.74, 6) is 0.256. The number of piperidine rings is 1. The predicted octanol–water partition coefficient (Wildman–Crippen LogP) is 0.0353. The lowest BCUT2D eigenvalue weighted by molar-refractivity contribution is -0.147. The van der Waals surface area contributed by atoms with Crippen LogP contribution in [0.3, 0.4) is 0 Å². The molecule has 0 aromatic carbocycles. The summed E-state index contributed by atoms with van der Waals surface area (Å²) >= 11 is 0. The van der Waals surface area contributed by atoms with Crippen LogP contribution in [0.4, 0.5) is 5.82 Å². The van der Waals surface area contributed by atoms with E-state index < -0.39 is 10.0 Å². The van der Waals surface area contributed by atoms with Gasteiger partial charge in [-0.25, -0.2) is 23.1 Å². The molecule has 1 aromatic heterocycles. The number of rotatable bonds is 7. The number of sulfonamides is 1. The van der Waals surface area contributed by atoms with E-state index in [-0.39, 0.29) is 43.5 Å². The molecule has 1 N–H and O–H groups in total. The van der Waals surface area contributed by atoms with Crippen LogP contribution in [-0.2, 0) is 26.2 Å². The van der Waals surface area contributed by atoms with Crippen molar-refractivity contribution in [1.29, 1.82) is 0 Å². The molecule has 0 saturated carbocycles. The van der Waals surface area contributed by atoms with Crippen molar-refractivity contribution < 1.29 is 18.0 Å². The van der Waals surface area contributed by atoms with Gasteiger partial charge in [0, 0.05) is 38.7 Å². The first-order chi connectivity index (χ1) is 12.4. The molecule has 2 fully saturated rings. The van der Waals surface area contributed by atoms with Gasteiger partial charge in [0.25, 0.3) is 0 Å². The van der Waals surface area contributed by atoms with Gasteiger partial charge in [0.05, 0.1) is 12.3 Å². The Hall–Kier alpha value is -2.07. The lowest BCUT2D eigenvalue weighted by Crippen LogP contribution is -2.44. The predicted molar refractivity (Wildman–Crippen MR) is 94.7 cm³/mol. The minimum atomic E-state index is -3.65. The number of likely N-dealkylation sites (tertiary alicyclic amines) is 1. The summed E-state index contributed by atoms with van der Waals surface area (Å²) < 4.78 is 26.8. The fourth-order valence-electron chi connectivity index (χ4n) is 3.10. The number of carbonyl (C=O) groups is 2. The Morgan fingerprint density at radius 3 is 2.46 bits per heavy atom. The largest absolute Gasteiger partial charge is 0.357 e. The average molecular weight is 381 g/mol. The molecular formula is C16H23N5O4S. The van der Waals surface area contributed by atoms with Crippen molar-refractivity contribution in [2.24, 2.45) is 0 Å². The molecule has 2 saturated heterocycles. The van der Waals surface area contributed by atoms with Crippen LogP contribution in [0.2, 0.25) is 0 Å². The number of nitrogens with zero attached hydrogens (tertiary/aromatic N) is 4. The van der Waals surface area contributed by atoms with E-state index in [0.717, 1.165) is 36.6 Å². The van der Waals surface area contributed by atoms with E-state index in [9.17, 15) is 18.0 Å². The van der Waals surface area contributed by atoms with Gasteiger partial charge in [-0.3, -0.25) is 14.5 Å². The molecule has 0 radical (unpaired) electrons. The van der Waals surface area contributed by atoms with Gasteiger partial charge in [-0.05, 0) is 25.3 Å². The molecule has 10 heteroatoms. The summed E-state index contributed by atoms with van der Waals surface area (Å²) in [6.45, 7) is 1.74. The molecule has 2 aliphatic heterocycles. The van der Waals surface area contributed by atoms with Crippen LogP contribution in [0.1, 0.15) is 37.9 Å². The SMILES string of the molecule is O=C1CCCC(=O)N1CCS(=O)(=O)NCc1nccc(N2CCCC2)n1. The van der Waals surface area contributed by atoms with Crippen LogP contribution in [0, 0.1) is 0 Å². The van der Waals surface area contributed by atoms with Gasteiger partial charge < -0.3 is 4.90 Å². The van der Waals surface area contributed by atoms with Crippen molar-refractivity contribution in [3.05, 3.63) is 18.1 Å². The summed E-state index contributed by atoms with van der Waals surface area (Å²) in [5.41, 5.74) is 0. The zero-order chi connectivity index (χ0) is 18.6. The van der Waals surface area contributed by atoms with Crippen LogP contribution < -0.4 is 9.62 Å². The fourth-order valence-corrected chi connectivity index (χ4v) is 4.02. The molecule has 2 aliphatic rings. The van der Waals surface area contributed by atoms with Crippen molar-refractivity contribution in [3.63, 3.8) is 0 Å². The number of aromatic nitrogens is 2. The molecule has 142 valence electrons. The number of hydrogen-bond acceptors (Lipinski definition) is 7. The van der Waals surface area contributed by atoms with Gasteiger partial charge in [-0.1, -0.05) is 0 Å². The highest BCUT2D eigenvalue weighted by Gasteiger charge is 2.27. The molecule has 2 amide bonds. The minimum absolute atomic E-state index is 0.0219. The Labute approximate surface area is 152 Å². The highest BCUT2D eigenvalue weighted by atomic mass is 32.2. The van der Waals surface area contributed by atoms with E-state index in [1.807, 2.05) is 6.07 Å². The molecule has 0 bridgehead atoms. The minimum Gasteiger partial charge on any atom is -0.357 e. The second kappa shape index (κ2) is 8.09. The van der Waals surface area contributed by atoms with Crippen molar-refractivity contribution >= 4 is 27.7 Å². The summed E-state index contributed by atoms with van der Waals surface area (Å²) in [7, 11) is -3.65. The molecule has 0 aliphatic carbocycles. The fraction of sp³-hybridized carbons (Fsp3) is 0.625. The third-order valence-corrected chi connectivity index (χ3v) is 5.84.